The lowest BCUT2D eigenvalue weighted by Gasteiger charge is -2.12. The molecule has 1 unspecified atom stereocenters. The lowest BCUT2D eigenvalue weighted by molar-refractivity contribution is 0.120. The van der Waals surface area contributed by atoms with Gasteiger partial charge in [0.2, 0.25) is 0 Å². The van der Waals surface area contributed by atoms with Crippen molar-refractivity contribution in [2.75, 3.05) is 18.5 Å². The maximum Gasteiger partial charge on any atom is 0.183 e. The Morgan fingerprint density at radius 2 is 2.14 bits per heavy atom. The summed E-state index contributed by atoms with van der Waals surface area (Å²) in [4.78, 5) is 16.5. The van der Waals surface area contributed by atoms with Crippen LogP contribution < -0.4 is 5.32 Å². The standard InChI is InChI=1S/C16H17N5O/c1-2-5-11(6-3-1)14-20-15(13-16(21-14)19-10-18-13)17-9-12-7-4-8-22-12/h1-3,5-6,10,12H,4,7-9H2,(H2,17,18,19,20,21). The third-order valence-electron chi connectivity index (χ3n) is 3.84. The molecule has 1 aliphatic rings. The molecule has 1 saturated heterocycles. The lowest BCUT2D eigenvalue weighted by atomic mass is 10.2. The van der Waals surface area contributed by atoms with Crippen molar-refractivity contribution < 1.29 is 4.74 Å². The number of hydrogen-bond acceptors (Lipinski definition) is 5. The van der Waals surface area contributed by atoms with Gasteiger partial charge in [-0.3, -0.25) is 0 Å². The van der Waals surface area contributed by atoms with Gasteiger partial charge in [-0.05, 0) is 12.8 Å². The molecule has 0 radical (unpaired) electrons. The van der Waals surface area contributed by atoms with Gasteiger partial charge in [0.25, 0.3) is 0 Å². The van der Waals surface area contributed by atoms with Crippen molar-refractivity contribution in [3.8, 4) is 11.4 Å². The Bertz CT molecular complexity index is 765. The van der Waals surface area contributed by atoms with Gasteiger partial charge in [0.1, 0.15) is 5.52 Å². The molecule has 4 rings (SSSR count). The van der Waals surface area contributed by atoms with Gasteiger partial charge in [-0.2, -0.15) is 0 Å². The molecule has 3 aromatic rings. The highest BCUT2D eigenvalue weighted by Gasteiger charge is 2.17. The highest BCUT2D eigenvalue weighted by atomic mass is 16.5. The molecule has 1 atom stereocenters. The second-order valence-electron chi connectivity index (χ2n) is 5.38. The van der Waals surface area contributed by atoms with Crippen LogP contribution in [0.3, 0.4) is 0 Å². The zero-order valence-electron chi connectivity index (χ0n) is 12.1. The smallest absolute Gasteiger partial charge is 0.183 e. The first-order valence-corrected chi connectivity index (χ1v) is 7.52. The fourth-order valence-electron chi connectivity index (χ4n) is 2.69. The Morgan fingerprint density at radius 3 is 2.95 bits per heavy atom. The topological polar surface area (TPSA) is 75.7 Å². The maximum atomic E-state index is 5.65. The molecular formula is C16H17N5O. The molecule has 3 heterocycles. The van der Waals surface area contributed by atoms with Crippen molar-refractivity contribution in [3.63, 3.8) is 0 Å². The normalized spacial score (nSPS) is 17.9. The number of nitrogens with one attached hydrogen (secondary N) is 2. The number of anilines is 1. The van der Waals surface area contributed by atoms with E-state index in [0.717, 1.165) is 42.9 Å². The molecule has 1 aliphatic heterocycles. The van der Waals surface area contributed by atoms with Crippen LogP contribution in [0.4, 0.5) is 5.82 Å². The van der Waals surface area contributed by atoms with Gasteiger partial charge in [0, 0.05) is 18.7 Å². The second kappa shape index (κ2) is 5.73. The first-order valence-electron chi connectivity index (χ1n) is 7.52. The van der Waals surface area contributed by atoms with Gasteiger partial charge in [-0.15, -0.1) is 0 Å². The lowest BCUT2D eigenvalue weighted by Crippen LogP contribution is -2.19. The summed E-state index contributed by atoms with van der Waals surface area (Å²) in [6.45, 7) is 1.60. The molecule has 22 heavy (non-hydrogen) atoms. The van der Waals surface area contributed by atoms with E-state index in [1.807, 2.05) is 30.3 Å². The number of benzene rings is 1. The number of fused-ring (bicyclic) bond motifs is 1. The molecule has 2 N–H and O–H groups in total. The summed E-state index contributed by atoms with van der Waals surface area (Å²) in [5.41, 5.74) is 2.48. The highest BCUT2D eigenvalue weighted by molar-refractivity contribution is 5.84. The van der Waals surface area contributed by atoms with Crippen LogP contribution in [0.15, 0.2) is 36.7 Å². The average molecular weight is 295 g/mol. The quantitative estimate of drug-likeness (QED) is 0.774. The first-order chi connectivity index (χ1) is 10.9. The van der Waals surface area contributed by atoms with Crippen LogP contribution in [0, 0.1) is 0 Å². The predicted octanol–water partition coefficient (Wildman–Crippen LogP) is 2.61. The summed E-state index contributed by atoms with van der Waals surface area (Å²) in [7, 11) is 0. The van der Waals surface area contributed by atoms with Crippen molar-refractivity contribution in [2.24, 2.45) is 0 Å². The van der Waals surface area contributed by atoms with E-state index in [4.69, 9.17) is 4.74 Å². The summed E-state index contributed by atoms with van der Waals surface area (Å²) in [6, 6.07) is 9.93. The van der Waals surface area contributed by atoms with Gasteiger partial charge in [0.15, 0.2) is 17.3 Å². The summed E-state index contributed by atoms with van der Waals surface area (Å²) in [6.07, 6.45) is 4.12. The Hall–Kier alpha value is -2.47. The minimum absolute atomic E-state index is 0.258. The van der Waals surface area contributed by atoms with Crippen LogP contribution in [-0.4, -0.2) is 39.2 Å². The number of ether oxygens (including phenoxy) is 1. The first kappa shape index (κ1) is 13.2. The molecule has 6 nitrogen and oxygen atoms in total. The van der Waals surface area contributed by atoms with E-state index in [-0.39, 0.29) is 6.10 Å². The van der Waals surface area contributed by atoms with Gasteiger partial charge in [-0.25, -0.2) is 15.0 Å². The monoisotopic (exact) mass is 295 g/mol. The van der Waals surface area contributed by atoms with Crippen LogP contribution in [0.2, 0.25) is 0 Å². The van der Waals surface area contributed by atoms with E-state index in [1.165, 1.54) is 0 Å². The SMILES string of the molecule is c1ccc(-c2nc(NCC3CCCO3)c3[nH]cnc3n2)cc1. The molecule has 0 spiro atoms. The summed E-state index contributed by atoms with van der Waals surface area (Å²) in [5, 5.41) is 3.38. The van der Waals surface area contributed by atoms with Crippen LogP contribution >= 0.6 is 0 Å². The summed E-state index contributed by atoms with van der Waals surface area (Å²) in [5.74, 6) is 1.45. The number of aromatic amines is 1. The molecular weight excluding hydrogens is 278 g/mol. The molecule has 1 aromatic carbocycles. The zero-order valence-corrected chi connectivity index (χ0v) is 12.1. The van der Waals surface area contributed by atoms with Crippen molar-refractivity contribution in [1.82, 2.24) is 19.9 Å². The van der Waals surface area contributed by atoms with E-state index in [9.17, 15) is 0 Å². The molecule has 112 valence electrons. The van der Waals surface area contributed by atoms with E-state index in [1.54, 1.807) is 6.33 Å². The molecule has 1 fully saturated rings. The summed E-state index contributed by atoms with van der Waals surface area (Å²) >= 11 is 0. The zero-order chi connectivity index (χ0) is 14.8. The fourth-order valence-corrected chi connectivity index (χ4v) is 2.69. The molecule has 0 amide bonds. The van der Waals surface area contributed by atoms with Crippen molar-refractivity contribution in [3.05, 3.63) is 36.7 Å². The second-order valence-corrected chi connectivity index (χ2v) is 5.38. The number of rotatable bonds is 4. The van der Waals surface area contributed by atoms with Gasteiger partial charge >= 0.3 is 0 Å². The van der Waals surface area contributed by atoms with Crippen molar-refractivity contribution in [2.45, 2.75) is 18.9 Å². The highest BCUT2D eigenvalue weighted by Crippen LogP contribution is 2.23. The van der Waals surface area contributed by atoms with E-state index in [0.29, 0.717) is 11.5 Å². The molecule has 0 aliphatic carbocycles. The van der Waals surface area contributed by atoms with Crippen molar-refractivity contribution in [1.29, 1.82) is 0 Å². The molecule has 0 saturated carbocycles. The predicted molar refractivity (Wildman–Crippen MR) is 84.6 cm³/mol. The van der Waals surface area contributed by atoms with Gasteiger partial charge in [0.05, 0.1) is 12.4 Å². The van der Waals surface area contributed by atoms with E-state index >= 15 is 0 Å². The van der Waals surface area contributed by atoms with Crippen molar-refractivity contribution >= 4 is 17.0 Å². The number of hydrogen-bond donors (Lipinski definition) is 2. The van der Waals surface area contributed by atoms with Gasteiger partial charge < -0.3 is 15.0 Å². The third kappa shape index (κ3) is 2.53. The Morgan fingerprint density at radius 1 is 1.23 bits per heavy atom. The minimum Gasteiger partial charge on any atom is -0.376 e. The largest absolute Gasteiger partial charge is 0.376 e. The number of imidazole rings is 1. The maximum absolute atomic E-state index is 5.65. The molecule has 0 bridgehead atoms. The van der Waals surface area contributed by atoms with Crippen LogP contribution in [-0.2, 0) is 4.74 Å². The minimum atomic E-state index is 0.258. The average Bonchev–Trinajstić information content (AvgIpc) is 3.24. The number of nitrogens with zero attached hydrogens (tertiary/aromatic N) is 3. The summed E-state index contributed by atoms with van der Waals surface area (Å²) < 4.78 is 5.65. The van der Waals surface area contributed by atoms with Gasteiger partial charge in [-0.1, -0.05) is 30.3 Å². The van der Waals surface area contributed by atoms with Crippen LogP contribution in [0.25, 0.3) is 22.6 Å². The number of H-pyrrole nitrogens is 1. The Balaban J connectivity index is 1.67. The fraction of sp³-hybridized carbons (Fsp3) is 0.312. The molecule has 2 aromatic heterocycles. The van der Waals surface area contributed by atoms with Crippen LogP contribution in [0.1, 0.15) is 12.8 Å². The van der Waals surface area contributed by atoms with E-state index in [2.05, 4.69) is 25.3 Å². The number of aromatic nitrogens is 4. The third-order valence-corrected chi connectivity index (χ3v) is 3.84. The van der Waals surface area contributed by atoms with E-state index < -0.39 is 0 Å². The Labute approximate surface area is 128 Å². The Kier molecular flexibility index (Phi) is 3.44. The van der Waals surface area contributed by atoms with Crippen LogP contribution in [0.5, 0.6) is 0 Å². The molecule has 6 heteroatoms.